The first-order valence-electron chi connectivity index (χ1n) is 7.03. The van der Waals surface area contributed by atoms with Crippen molar-refractivity contribution >= 4 is 21.6 Å². The summed E-state index contributed by atoms with van der Waals surface area (Å²) in [6.45, 7) is 5.74. The molecule has 0 amide bonds. The number of halogens is 1. The monoisotopic (exact) mass is 310 g/mol. The van der Waals surface area contributed by atoms with Gasteiger partial charge in [0.1, 0.15) is 0 Å². The van der Waals surface area contributed by atoms with Crippen molar-refractivity contribution in [1.29, 1.82) is 0 Å². The molecule has 1 aliphatic rings. The number of nitrogens with zero attached hydrogens (tertiary/aromatic N) is 1. The highest BCUT2D eigenvalue weighted by Crippen LogP contribution is 2.26. The molecule has 0 saturated heterocycles. The molecule has 2 nitrogen and oxygen atoms in total. The van der Waals surface area contributed by atoms with Gasteiger partial charge in [0.2, 0.25) is 0 Å². The molecule has 0 aliphatic heterocycles. The first-order chi connectivity index (χ1) is 8.79. The number of unbranched alkanes of at least 4 members (excludes halogenated alkanes) is 1. The van der Waals surface area contributed by atoms with Gasteiger partial charge in [0.15, 0.2) is 0 Å². The standard InChI is InChI=1S/C15H23BrN2/c1-2-3-10-18(15-7-8-15)11-9-17-14-6-4-5-13(16)12-14/h4-6,12,15,17H,2-3,7-11H2,1H3. The van der Waals surface area contributed by atoms with E-state index < -0.39 is 0 Å². The van der Waals surface area contributed by atoms with Crippen LogP contribution in [-0.4, -0.2) is 30.6 Å². The van der Waals surface area contributed by atoms with Crippen LogP contribution < -0.4 is 5.32 Å². The van der Waals surface area contributed by atoms with E-state index in [1.54, 1.807) is 0 Å². The lowest BCUT2D eigenvalue weighted by atomic mass is 10.3. The van der Waals surface area contributed by atoms with Crippen molar-refractivity contribution in [1.82, 2.24) is 4.90 Å². The number of hydrogen-bond acceptors (Lipinski definition) is 2. The van der Waals surface area contributed by atoms with Gasteiger partial charge in [-0.25, -0.2) is 0 Å². The fourth-order valence-electron chi connectivity index (χ4n) is 2.22. The summed E-state index contributed by atoms with van der Waals surface area (Å²) in [5.41, 5.74) is 1.20. The molecule has 3 heteroatoms. The Kier molecular flexibility index (Phi) is 5.51. The molecule has 1 aliphatic carbocycles. The van der Waals surface area contributed by atoms with Crippen LogP contribution in [0.15, 0.2) is 28.7 Å². The summed E-state index contributed by atoms with van der Waals surface area (Å²) in [6, 6.07) is 9.26. The largest absolute Gasteiger partial charge is 0.384 e. The number of nitrogens with one attached hydrogen (secondary N) is 1. The Labute approximate surface area is 119 Å². The molecule has 1 aromatic carbocycles. The minimum Gasteiger partial charge on any atom is -0.384 e. The van der Waals surface area contributed by atoms with Gasteiger partial charge in [0, 0.05) is 29.3 Å². The topological polar surface area (TPSA) is 15.3 Å². The molecule has 0 bridgehead atoms. The zero-order valence-corrected chi connectivity index (χ0v) is 12.7. The Bertz CT molecular complexity index is 363. The second-order valence-corrected chi connectivity index (χ2v) is 5.97. The zero-order chi connectivity index (χ0) is 12.8. The Hall–Kier alpha value is -0.540. The number of benzene rings is 1. The maximum Gasteiger partial charge on any atom is 0.0351 e. The van der Waals surface area contributed by atoms with Gasteiger partial charge < -0.3 is 5.32 Å². The van der Waals surface area contributed by atoms with Gasteiger partial charge in [-0.3, -0.25) is 4.90 Å². The van der Waals surface area contributed by atoms with E-state index in [9.17, 15) is 0 Å². The maximum atomic E-state index is 3.50. The molecule has 2 rings (SSSR count). The van der Waals surface area contributed by atoms with Crippen LogP contribution in [0.4, 0.5) is 5.69 Å². The first-order valence-corrected chi connectivity index (χ1v) is 7.82. The third-order valence-corrected chi connectivity index (χ3v) is 3.91. The van der Waals surface area contributed by atoms with Crippen LogP contribution in [0.25, 0.3) is 0 Å². The molecular formula is C15H23BrN2. The van der Waals surface area contributed by atoms with E-state index in [1.807, 2.05) is 0 Å². The van der Waals surface area contributed by atoms with Gasteiger partial charge in [-0.05, 0) is 44.0 Å². The second-order valence-electron chi connectivity index (χ2n) is 5.06. The van der Waals surface area contributed by atoms with E-state index in [0.29, 0.717) is 0 Å². The van der Waals surface area contributed by atoms with Crippen LogP contribution in [0, 0.1) is 0 Å². The highest BCUT2D eigenvalue weighted by Gasteiger charge is 2.27. The summed E-state index contributed by atoms with van der Waals surface area (Å²) in [5.74, 6) is 0. The van der Waals surface area contributed by atoms with Crippen molar-refractivity contribution in [3.8, 4) is 0 Å². The molecule has 0 heterocycles. The summed E-state index contributed by atoms with van der Waals surface area (Å²) in [6.07, 6.45) is 5.43. The molecule has 0 aromatic heterocycles. The van der Waals surface area contributed by atoms with Crippen molar-refractivity contribution in [2.24, 2.45) is 0 Å². The average molecular weight is 311 g/mol. The molecule has 0 spiro atoms. The van der Waals surface area contributed by atoms with Gasteiger partial charge in [-0.2, -0.15) is 0 Å². The summed E-state index contributed by atoms with van der Waals surface area (Å²) < 4.78 is 1.14. The smallest absolute Gasteiger partial charge is 0.0351 e. The molecule has 18 heavy (non-hydrogen) atoms. The van der Waals surface area contributed by atoms with Crippen LogP contribution in [0.3, 0.4) is 0 Å². The van der Waals surface area contributed by atoms with Crippen molar-refractivity contribution < 1.29 is 0 Å². The van der Waals surface area contributed by atoms with E-state index in [-0.39, 0.29) is 0 Å². The van der Waals surface area contributed by atoms with E-state index in [2.05, 4.69) is 57.3 Å². The Morgan fingerprint density at radius 3 is 2.83 bits per heavy atom. The normalized spacial score (nSPS) is 15.1. The number of rotatable bonds is 8. The fourth-order valence-corrected chi connectivity index (χ4v) is 2.62. The lowest BCUT2D eigenvalue weighted by Gasteiger charge is -2.22. The summed E-state index contributed by atoms with van der Waals surface area (Å²) in [7, 11) is 0. The van der Waals surface area contributed by atoms with Crippen LogP contribution in [0.1, 0.15) is 32.6 Å². The highest BCUT2D eigenvalue weighted by molar-refractivity contribution is 9.10. The second kappa shape index (κ2) is 7.15. The molecule has 0 unspecified atom stereocenters. The molecule has 0 radical (unpaired) electrons. The minimum absolute atomic E-state index is 0.876. The Morgan fingerprint density at radius 1 is 1.33 bits per heavy atom. The maximum absolute atomic E-state index is 3.50. The quantitative estimate of drug-likeness (QED) is 0.777. The van der Waals surface area contributed by atoms with Crippen LogP contribution >= 0.6 is 15.9 Å². The van der Waals surface area contributed by atoms with Gasteiger partial charge in [0.25, 0.3) is 0 Å². The number of hydrogen-bond donors (Lipinski definition) is 1. The molecule has 0 atom stereocenters. The molecule has 1 N–H and O–H groups in total. The van der Waals surface area contributed by atoms with Gasteiger partial charge in [0.05, 0.1) is 0 Å². The van der Waals surface area contributed by atoms with Crippen molar-refractivity contribution in [3.63, 3.8) is 0 Å². The van der Waals surface area contributed by atoms with Gasteiger partial charge in [-0.1, -0.05) is 35.3 Å². The molecule has 1 saturated carbocycles. The van der Waals surface area contributed by atoms with Crippen molar-refractivity contribution in [2.45, 2.75) is 38.6 Å². The minimum atomic E-state index is 0.876. The van der Waals surface area contributed by atoms with Gasteiger partial charge >= 0.3 is 0 Å². The predicted octanol–water partition coefficient (Wildman–Crippen LogP) is 4.13. The summed E-state index contributed by atoms with van der Waals surface area (Å²) in [4.78, 5) is 2.65. The molecule has 1 fully saturated rings. The van der Waals surface area contributed by atoms with E-state index in [1.165, 1.54) is 37.9 Å². The fraction of sp³-hybridized carbons (Fsp3) is 0.600. The van der Waals surface area contributed by atoms with E-state index in [0.717, 1.165) is 23.6 Å². The van der Waals surface area contributed by atoms with Crippen LogP contribution in [-0.2, 0) is 0 Å². The summed E-state index contributed by atoms with van der Waals surface area (Å²) >= 11 is 3.50. The van der Waals surface area contributed by atoms with Crippen LogP contribution in [0.5, 0.6) is 0 Å². The predicted molar refractivity (Wildman–Crippen MR) is 82.1 cm³/mol. The first kappa shape index (κ1) is 13.9. The van der Waals surface area contributed by atoms with E-state index in [4.69, 9.17) is 0 Å². The molecular weight excluding hydrogens is 288 g/mol. The van der Waals surface area contributed by atoms with Crippen molar-refractivity contribution in [2.75, 3.05) is 25.0 Å². The lowest BCUT2D eigenvalue weighted by Crippen LogP contribution is -2.32. The van der Waals surface area contributed by atoms with Crippen LogP contribution in [0.2, 0.25) is 0 Å². The Morgan fingerprint density at radius 2 is 2.17 bits per heavy atom. The zero-order valence-electron chi connectivity index (χ0n) is 11.2. The molecule has 1 aromatic rings. The lowest BCUT2D eigenvalue weighted by molar-refractivity contribution is 0.269. The Balaban J connectivity index is 1.72. The third-order valence-electron chi connectivity index (χ3n) is 3.41. The molecule has 100 valence electrons. The van der Waals surface area contributed by atoms with E-state index >= 15 is 0 Å². The summed E-state index contributed by atoms with van der Waals surface area (Å²) in [5, 5.41) is 3.50. The number of anilines is 1. The third kappa shape index (κ3) is 4.62. The van der Waals surface area contributed by atoms with Crippen molar-refractivity contribution in [3.05, 3.63) is 28.7 Å². The SMILES string of the molecule is CCCCN(CCNc1cccc(Br)c1)C1CC1. The van der Waals surface area contributed by atoms with Gasteiger partial charge in [-0.15, -0.1) is 0 Å². The average Bonchev–Trinajstić information content (AvgIpc) is 3.18. The highest BCUT2D eigenvalue weighted by atomic mass is 79.9.